The summed E-state index contributed by atoms with van der Waals surface area (Å²) >= 11 is 0. The molecule has 1 saturated heterocycles. The third-order valence-corrected chi connectivity index (χ3v) is 9.37. The molecule has 3 aliphatic rings. The van der Waals surface area contributed by atoms with Gasteiger partial charge in [-0.1, -0.05) is 80.1 Å². The van der Waals surface area contributed by atoms with Crippen molar-refractivity contribution in [2.75, 3.05) is 31.2 Å². The Morgan fingerprint density at radius 2 is 1.42 bits per heavy atom. The van der Waals surface area contributed by atoms with Crippen LogP contribution in [0, 0.1) is 6.92 Å². The molecule has 4 aromatic carbocycles. The second-order valence-corrected chi connectivity index (χ2v) is 11.6. The topological polar surface area (TPSA) is 32.7 Å². The number of aryl methyl sites for hydroxylation is 1. The van der Waals surface area contributed by atoms with Crippen LogP contribution >= 0.6 is 0 Å². The van der Waals surface area contributed by atoms with Crippen LogP contribution in [0.1, 0.15) is 61.6 Å². The third kappa shape index (κ3) is 3.82. The van der Waals surface area contributed by atoms with Crippen molar-refractivity contribution in [2.24, 2.45) is 0 Å². The van der Waals surface area contributed by atoms with E-state index in [1.807, 2.05) is 0 Å². The van der Waals surface area contributed by atoms with E-state index in [4.69, 9.17) is 4.74 Å². The molecule has 0 aromatic heterocycles. The first-order valence-corrected chi connectivity index (χ1v) is 14.5. The normalized spacial score (nSPS) is 18.7. The summed E-state index contributed by atoms with van der Waals surface area (Å²) in [5, 5.41) is 13.5. The van der Waals surface area contributed by atoms with E-state index in [1.165, 1.54) is 95.0 Å². The molecule has 3 heteroatoms. The standard InChI is InChI=1S/C35H37NO2/c1-24-7-14-31-30(21-24)34-29-22-26(25-8-11-27(12-9-25)36-17-19-38-20-18-36)10-13-28(29)33(37)23-32(34)35(31)15-5-3-2-4-6-16-35/h7-14,21-23,37H,2-6,15-20H2,1H3. The molecule has 0 amide bonds. The van der Waals surface area contributed by atoms with Gasteiger partial charge in [0, 0.05) is 29.6 Å². The Balaban J connectivity index is 1.38. The minimum Gasteiger partial charge on any atom is -0.507 e. The maximum atomic E-state index is 11.3. The highest BCUT2D eigenvalue weighted by atomic mass is 16.5. The molecule has 1 heterocycles. The van der Waals surface area contributed by atoms with Crippen molar-refractivity contribution < 1.29 is 9.84 Å². The molecule has 7 rings (SSSR count). The van der Waals surface area contributed by atoms with Gasteiger partial charge in [-0.15, -0.1) is 0 Å². The van der Waals surface area contributed by atoms with Gasteiger partial charge < -0.3 is 14.7 Å². The fraction of sp³-hybridized carbons (Fsp3) is 0.371. The summed E-state index contributed by atoms with van der Waals surface area (Å²) in [6.45, 7) is 5.68. The molecule has 194 valence electrons. The lowest BCUT2D eigenvalue weighted by molar-refractivity contribution is 0.122. The van der Waals surface area contributed by atoms with Crippen molar-refractivity contribution in [2.45, 2.75) is 57.3 Å². The summed E-state index contributed by atoms with van der Waals surface area (Å²) in [6.07, 6.45) is 8.81. The Labute approximate surface area is 226 Å². The Kier molecular flexibility index (Phi) is 5.93. The number of benzene rings is 4. The molecule has 1 aliphatic heterocycles. The second-order valence-electron chi connectivity index (χ2n) is 11.6. The fourth-order valence-electron chi connectivity index (χ4n) is 7.41. The van der Waals surface area contributed by atoms with Crippen LogP contribution in [0.3, 0.4) is 0 Å². The molecule has 0 radical (unpaired) electrons. The number of hydrogen-bond donors (Lipinski definition) is 1. The highest BCUT2D eigenvalue weighted by Crippen LogP contribution is 2.58. The van der Waals surface area contributed by atoms with Crippen LogP contribution in [0.5, 0.6) is 5.75 Å². The first kappa shape index (κ1) is 23.8. The van der Waals surface area contributed by atoms with Crippen LogP contribution < -0.4 is 4.90 Å². The number of ether oxygens (including phenoxy) is 1. The number of fused-ring (bicyclic) bond motifs is 7. The van der Waals surface area contributed by atoms with Crippen LogP contribution in [0.4, 0.5) is 5.69 Å². The van der Waals surface area contributed by atoms with Gasteiger partial charge in [-0.3, -0.25) is 0 Å². The number of morpholine rings is 1. The van der Waals surface area contributed by atoms with Crippen molar-refractivity contribution >= 4 is 16.5 Å². The number of rotatable bonds is 2. The zero-order valence-electron chi connectivity index (χ0n) is 22.4. The summed E-state index contributed by atoms with van der Waals surface area (Å²) in [5.41, 5.74) is 10.5. The molecule has 2 fully saturated rings. The summed E-state index contributed by atoms with van der Waals surface area (Å²) in [5.74, 6) is 0.416. The molecule has 0 atom stereocenters. The molecule has 0 unspecified atom stereocenters. The minimum atomic E-state index is 0.0142. The summed E-state index contributed by atoms with van der Waals surface area (Å²) in [6, 6.07) is 24.7. The van der Waals surface area contributed by atoms with Gasteiger partial charge in [-0.2, -0.15) is 0 Å². The minimum absolute atomic E-state index is 0.0142. The third-order valence-electron chi connectivity index (χ3n) is 9.37. The molecule has 3 nitrogen and oxygen atoms in total. The highest BCUT2D eigenvalue weighted by molar-refractivity contribution is 6.06. The van der Waals surface area contributed by atoms with E-state index >= 15 is 0 Å². The Hall–Kier alpha value is -3.30. The lowest BCUT2D eigenvalue weighted by Crippen LogP contribution is -2.36. The van der Waals surface area contributed by atoms with E-state index in [9.17, 15) is 5.11 Å². The van der Waals surface area contributed by atoms with E-state index in [2.05, 4.69) is 78.6 Å². The zero-order valence-corrected chi connectivity index (χ0v) is 22.4. The van der Waals surface area contributed by atoms with E-state index < -0.39 is 0 Å². The monoisotopic (exact) mass is 503 g/mol. The number of phenolic OH excluding ortho intramolecular Hbond substituents is 1. The average Bonchev–Trinajstić information content (AvgIpc) is 3.20. The van der Waals surface area contributed by atoms with Gasteiger partial charge in [0.25, 0.3) is 0 Å². The Bertz CT molecular complexity index is 1490. The van der Waals surface area contributed by atoms with Gasteiger partial charge in [-0.05, 0) is 82.8 Å². The van der Waals surface area contributed by atoms with E-state index in [0.717, 1.165) is 31.7 Å². The quantitative estimate of drug-likeness (QED) is 0.298. The van der Waals surface area contributed by atoms with Crippen molar-refractivity contribution in [1.82, 2.24) is 0 Å². The maximum absolute atomic E-state index is 11.3. The lowest BCUT2D eigenvalue weighted by atomic mass is 9.69. The molecule has 2 aliphatic carbocycles. The maximum Gasteiger partial charge on any atom is 0.123 e. The molecular weight excluding hydrogens is 466 g/mol. The predicted molar refractivity (Wildman–Crippen MR) is 157 cm³/mol. The molecule has 4 aromatic rings. The van der Waals surface area contributed by atoms with Crippen molar-refractivity contribution in [3.63, 3.8) is 0 Å². The van der Waals surface area contributed by atoms with E-state index in [0.29, 0.717) is 5.75 Å². The highest BCUT2D eigenvalue weighted by Gasteiger charge is 2.43. The molecule has 1 N–H and O–H groups in total. The lowest BCUT2D eigenvalue weighted by Gasteiger charge is -2.34. The van der Waals surface area contributed by atoms with Gasteiger partial charge in [-0.25, -0.2) is 0 Å². The van der Waals surface area contributed by atoms with Crippen molar-refractivity contribution in [3.8, 4) is 28.0 Å². The SMILES string of the molecule is Cc1ccc2c(c1)-c1c(cc(O)c3ccc(-c4ccc(N5CCOCC5)cc4)cc13)C21CCCCCCC1. The number of aromatic hydroxyl groups is 1. The van der Waals surface area contributed by atoms with Gasteiger partial charge in [0.05, 0.1) is 13.2 Å². The number of phenols is 1. The van der Waals surface area contributed by atoms with Gasteiger partial charge in [0.2, 0.25) is 0 Å². The zero-order chi connectivity index (χ0) is 25.7. The largest absolute Gasteiger partial charge is 0.507 e. The van der Waals surface area contributed by atoms with Crippen LogP contribution in [0.2, 0.25) is 0 Å². The molecule has 1 saturated carbocycles. The molecular formula is C35H37NO2. The number of hydrogen-bond acceptors (Lipinski definition) is 3. The predicted octanol–water partition coefficient (Wildman–Crippen LogP) is 8.37. The van der Waals surface area contributed by atoms with E-state index in [-0.39, 0.29) is 5.41 Å². The van der Waals surface area contributed by atoms with Gasteiger partial charge in [0.1, 0.15) is 5.75 Å². The molecule has 0 bridgehead atoms. The average molecular weight is 504 g/mol. The van der Waals surface area contributed by atoms with Gasteiger partial charge in [0.15, 0.2) is 0 Å². The second kappa shape index (κ2) is 9.47. The first-order valence-electron chi connectivity index (χ1n) is 14.5. The summed E-state index contributed by atoms with van der Waals surface area (Å²) in [7, 11) is 0. The van der Waals surface area contributed by atoms with Crippen LogP contribution in [0.25, 0.3) is 33.0 Å². The van der Waals surface area contributed by atoms with Crippen LogP contribution in [-0.2, 0) is 10.2 Å². The Morgan fingerprint density at radius 3 is 2.18 bits per heavy atom. The van der Waals surface area contributed by atoms with Gasteiger partial charge >= 0.3 is 0 Å². The van der Waals surface area contributed by atoms with Crippen LogP contribution in [-0.4, -0.2) is 31.4 Å². The molecule has 38 heavy (non-hydrogen) atoms. The summed E-state index contributed by atoms with van der Waals surface area (Å²) in [4.78, 5) is 2.40. The fourth-order valence-corrected chi connectivity index (χ4v) is 7.41. The summed E-state index contributed by atoms with van der Waals surface area (Å²) < 4.78 is 5.53. The van der Waals surface area contributed by atoms with Crippen molar-refractivity contribution in [1.29, 1.82) is 0 Å². The smallest absolute Gasteiger partial charge is 0.123 e. The van der Waals surface area contributed by atoms with E-state index in [1.54, 1.807) is 0 Å². The number of anilines is 1. The van der Waals surface area contributed by atoms with Crippen LogP contribution in [0.15, 0.2) is 66.7 Å². The first-order chi connectivity index (χ1) is 18.6. The Morgan fingerprint density at radius 1 is 0.711 bits per heavy atom. The number of nitrogens with zero attached hydrogens (tertiary/aromatic N) is 1. The molecule has 1 spiro atoms. The van der Waals surface area contributed by atoms with Crippen molar-refractivity contribution in [3.05, 3.63) is 83.4 Å².